The molecule has 18 rings (SSSR count). The summed E-state index contributed by atoms with van der Waals surface area (Å²) >= 11 is 21.7. The number of alkyl halides is 1. The van der Waals surface area contributed by atoms with E-state index in [9.17, 15) is 25.5 Å². The molecule has 5 N–H and O–H groups in total. The molecule has 25 nitrogen and oxygen atoms in total. The number of ether oxygens (including phenoxy) is 10. The van der Waals surface area contributed by atoms with Gasteiger partial charge in [0.25, 0.3) is 0 Å². The third-order valence-electron chi connectivity index (χ3n) is 17.6. The Labute approximate surface area is 710 Å². The molecule has 7 aliphatic heterocycles. The highest BCUT2D eigenvalue weighted by atomic mass is 35.5. The van der Waals surface area contributed by atoms with E-state index in [1.807, 2.05) is 70.2 Å². The van der Waals surface area contributed by atoms with Crippen LogP contribution in [0.25, 0.3) is 51.1 Å². The Kier molecular flexibility index (Phi) is 30.1. The van der Waals surface area contributed by atoms with Gasteiger partial charge in [0.15, 0.2) is 31.5 Å². The van der Waals surface area contributed by atoms with E-state index in [4.69, 9.17) is 78.9 Å². The van der Waals surface area contributed by atoms with E-state index in [1.165, 1.54) is 22.5 Å². The van der Waals surface area contributed by atoms with Gasteiger partial charge in [0.2, 0.25) is 0 Å². The fourth-order valence-electron chi connectivity index (χ4n) is 12.3. The molecule has 11 aromatic rings. The third kappa shape index (κ3) is 22.2. The first-order chi connectivity index (χ1) is 55.9. The van der Waals surface area contributed by atoms with Crippen LogP contribution in [0, 0.1) is 0 Å². The van der Waals surface area contributed by atoms with Crippen molar-refractivity contribution in [1.82, 2.24) is 24.9 Å². The van der Waals surface area contributed by atoms with Crippen LogP contribution < -0.4 is 0 Å². The molecule has 608 valence electrons. The maximum absolute atomic E-state index is 9.63. The number of methoxy groups -OCH3 is 2. The number of aromatic nitrogens is 5. The molecular formula is C79H85ClN10O15S10. The van der Waals surface area contributed by atoms with E-state index in [-0.39, 0.29) is 103 Å². The normalized spacial score (nSPS) is 20.3. The lowest BCUT2D eigenvalue weighted by Crippen LogP contribution is -2.35. The lowest BCUT2D eigenvalue weighted by Gasteiger charge is -2.25. The molecule has 7 unspecified atom stereocenters. The lowest BCUT2D eigenvalue weighted by molar-refractivity contribution is -0.187. The van der Waals surface area contributed by atoms with Gasteiger partial charge in [-0.3, -0.25) is 25.0 Å². The average molecular weight is 1770 g/mol. The van der Waals surface area contributed by atoms with Gasteiger partial charge in [-0.15, -0.1) is 127 Å². The smallest absolute Gasteiger partial charge is 0.181 e. The summed E-state index contributed by atoms with van der Waals surface area (Å²) in [6.07, 6.45) is 0.491. The number of rotatable bonds is 22. The van der Waals surface area contributed by atoms with Gasteiger partial charge in [-0.2, -0.15) is 0 Å². The van der Waals surface area contributed by atoms with Crippen LogP contribution >= 0.6 is 127 Å². The van der Waals surface area contributed by atoms with Gasteiger partial charge in [0.05, 0.1) is 96.3 Å². The number of thioether (sulfide) groups is 5. The van der Waals surface area contributed by atoms with Crippen LogP contribution in [-0.4, -0.2) is 225 Å². The van der Waals surface area contributed by atoms with Gasteiger partial charge in [-0.05, 0) is 143 Å². The third-order valence-corrected chi connectivity index (χ3v) is 28.9. The number of aromatic hydroxyl groups is 5. The minimum absolute atomic E-state index is 0.00281. The van der Waals surface area contributed by atoms with Crippen molar-refractivity contribution in [2.75, 3.05) is 75.3 Å². The quantitative estimate of drug-likeness (QED) is 0.0311. The summed E-state index contributed by atoms with van der Waals surface area (Å²) in [5.74, 6) is 5.83. The van der Waals surface area contributed by atoms with Crippen molar-refractivity contribution in [2.45, 2.75) is 135 Å². The predicted molar refractivity (Wildman–Crippen MR) is 471 cm³/mol. The number of fused-ring (bicyclic) bond motifs is 6. The van der Waals surface area contributed by atoms with E-state index < -0.39 is 0 Å². The van der Waals surface area contributed by atoms with Crippen molar-refractivity contribution < 1.29 is 72.9 Å². The van der Waals surface area contributed by atoms with Gasteiger partial charge in [0.1, 0.15) is 109 Å². The molecule has 6 aromatic carbocycles. The van der Waals surface area contributed by atoms with E-state index in [1.54, 1.807) is 179 Å². The summed E-state index contributed by atoms with van der Waals surface area (Å²) in [7, 11) is 3.26. The Bertz CT molecular complexity index is 5150. The van der Waals surface area contributed by atoms with Crippen LogP contribution in [0.2, 0.25) is 0 Å². The Balaban J connectivity index is 0.000000119. The second-order valence-corrected chi connectivity index (χ2v) is 37.6. The van der Waals surface area contributed by atoms with E-state index in [0.29, 0.717) is 32.3 Å². The van der Waals surface area contributed by atoms with Gasteiger partial charge < -0.3 is 72.9 Å². The SMILES string of the molecule is CC(C)OC(OC(C)C)C1CSC(c2nc3ccc(O)cc3s2)=N1.CCCOC(OC)C1CSC(c2nc3ccc(O)cc3s2)=N1.COC(OCCCl)C1CSC(c2nc3ccc(O)cc3s2)=N1.Oc1ccc2nc(C3=NC(C4OCCCO4)CS3)sc2c1.Oc1ccc2nc(C3=NC(C4OCc5ccccc5CO4)CS3)sc2c1. The summed E-state index contributed by atoms with van der Waals surface area (Å²) in [5, 5.41) is 56.9. The van der Waals surface area contributed by atoms with Gasteiger partial charge >= 0.3 is 0 Å². The number of hydrogen-bond acceptors (Lipinski definition) is 35. The van der Waals surface area contributed by atoms with Crippen molar-refractivity contribution in [2.24, 2.45) is 25.0 Å². The minimum Gasteiger partial charge on any atom is -0.508 e. The molecule has 12 heterocycles. The Morgan fingerprint density at radius 1 is 0.409 bits per heavy atom. The summed E-state index contributed by atoms with van der Waals surface area (Å²) in [6, 6.07) is 34.2. The highest BCUT2D eigenvalue weighted by Gasteiger charge is 2.37. The lowest BCUT2D eigenvalue weighted by atomic mass is 10.1. The van der Waals surface area contributed by atoms with Crippen molar-refractivity contribution in [3.8, 4) is 28.7 Å². The van der Waals surface area contributed by atoms with Crippen molar-refractivity contribution >= 4 is 203 Å². The molecule has 0 aliphatic carbocycles. The van der Waals surface area contributed by atoms with Crippen molar-refractivity contribution in [1.29, 1.82) is 0 Å². The van der Waals surface area contributed by atoms with Crippen LogP contribution in [0.4, 0.5) is 0 Å². The molecule has 0 bridgehead atoms. The van der Waals surface area contributed by atoms with Gasteiger partial charge in [-0.25, -0.2) is 24.9 Å². The summed E-state index contributed by atoms with van der Waals surface area (Å²) < 4.78 is 61.8. The van der Waals surface area contributed by atoms with Crippen LogP contribution in [0.3, 0.4) is 0 Å². The number of benzene rings is 6. The first-order valence-corrected chi connectivity index (χ1v) is 46.7. The van der Waals surface area contributed by atoms with Crippen LogP contribution in [0.15, 0.2) is 140 Å². The molecule has 1 fully saturated rings. The number of thiazole rings is 5. The molecular weight excluding hydrogens is 1690 g/mol. The average Bonchev–Trinajstić information content (AvgIpc) is 1.67. The van der Waals surface area contributed by atoms with Gasteiger partial charge in [-0.1, -0.05) is 31.2 Å². The number of aliphatic imine (C=N–C) groups is 5. The molecule has 7 atom stereocenters. The second-order valence-electron chi connectivity index (χ2n) is 27.0. The highest BCUT2D eigenvalue weighted by Crippen LogP contribution is 2.40. The molecule has 1 saturated heterocycles. The topological polar surface area (TPSA) is 320 Å². The maximum Gasteiger partial charge on any atom is 0.181 e. The first-order valence-electron chi connectivity index (χ1n) is 37.1. The van der Waals surface area contributed by atoms with E-state index in [2.05, 4.69) is 49.0 Å². The van der Waals surface area contributed by atoms with Crippen molar-refractivity contribution in [3.63, 3.8) is 0 Å². The molecule has 5 aromatic heterocycles. The molecule has 0 radical (unpaired) electrons. The summed E-state index contributed by atoms with van der Waals surface area (Å²) in [4.78, 5) is 46.7. The predicted octanol–water partition coefficient (Wildman–Crippen LogP) is 17.0. The van der Waals surface area contributed by atoms with E-state index >= 15 is 0 Å². The fourth-order valence-corrected chi connectivity index (χ4v) is 23.0. The molecule has 0 amide bonds. The number of hydrogen-bond donors (Lipinski definition) is 5. The number of phenolic OH excluding ortho intramolecular Hbond substituents is 5. The number of phenols is 5. The van der Waals surface area contributed by atoms with Crippen LogP contribution in [-0.2, 0) is 60.6 Å². The molecule has 7 aliphatic rings. The largest absolute Gasteiger partial charge is 0.508 e. The molecule has 0 saturated carbocycles. The Hall–Kier alpha value is -6.24. The highest BCUT2D eigenvalue weighted by molar-refractivity contribution is 8.16. The zero-order valence-corrected chi connectivity index (χ0v) is 72.5. The zero-order valence-electron chi connectivity index (χ0n) is 63.5. The Morgan fingerprint density at radius 3 is 1.04 bits per heavy atom. The molecule has 36 heteroatoms. The van der Waals surface area contributed by atoms with Gasteiger partial charge in [0, 0.05) is 55.5 Å². The first kappa shape index (κ1) is 85.2. The fraction of sp³-hybridized carbons (Fsp3) is 0.418. The standard InChI is InChI=1S/C19H16N2O3S2.C17H22N2O3S2.C15H18N2O3S2.C14H15ClN2O3S2.C14H14N2O3S2/c22-13-5-6-14-16(7-13)26-18(20-14)17-21-15(10-25-17)19-23-8-11-3-1-2-4-12(11)9-24-19;1-9(2)21-17(22-10(3)4)13-8-23-15(19-13)16-18-12-6-5-11(20)7-14(12)24-16;1-3-6-20-15(19-2)11-8-21-13(17-11)14-16-10-5-4-9(18)7-12(10)22-14;1-19-14(20-5-4-15)10-7-21-12(17-10)13-16-9-3-2-8(18)6-11(9)22-13;17-8-2-3-9-11(6-8)21-13(15-9)12-16-10(7-20-12)14-18-4-1-5-19-14/h1-7,15,19,22H,8-10H2;5-7,9-10,13,17,20H,8H2,1-4H3;4-5,7,11,15,18H,3,6,8H2,1-2H3;2-3,6,10,14,18H,4-5,7H2,1H3;2-3,6,10,14,17H,1,4-5,7H2. The minimum atomic E-state index is -0.387. The number of nitrogens with zero attached hydrogens (tertiary/aromatic N) is 10. The number of halogens is 1. The Morgan fingerprint density at radius 2 is 0.722 bits per heavy atom. The van der Waals surface area contributed by atoms with Crippen molar-refractivity contribution in [3.05, 3.63) is 151 Å². The molecule has 115 heavy (non-hydrogen) atoms. The van der Waals surface area contributed by atoms with E-state index in [0.717, 1.165) is 156 Å². The zero-order chi connectivity index (χ0) is 80.1. The maximum atomic E-state index is 9.63. The molecule has 0 spiro atoms. The van der Waals surface area contributed by atoms with Crippen LogP contribution in [0.5, 0.6) is 28.7 Å². The summed E-state index contributed by atoms with van der Waals surface area (Å²) in [5.41, 5.74) is 6.76. The summed E-state index contributed by atoms with van der Waals surface area (Å²) in [6.45, 7) is 13.8. The monoisotopic (exact) mass is 1770 g/mol. The van der Waals surface area contributed by atoms with Crippen LogP contribution in [0.1, 0.15) is 83.6 Å². The second kappa shape index (κ2) is 40.7.